The van der Waals surface area contributed by atoms with Gasteiger partial charge >= 0.3 is 5.97 Å². The van der Waals surface area contributed by atoms with E-state index in [1.165, 1.54) is 11.8 Å². The van der Waals surface area contributed by atoms with Crippen LogP contribution in [-0.4, -0.2) is 23.3 Å². The first-order chi connectivity index (χ1) is 8.72. The Balaban J connectivity index is 2.24. The SMILES string of the molecule is CCOC(=O)CSc1ccc(N)c2cnccc12. The predicted octanol–water partition coefficient (Wildman–Crippen LogP) is 2.47. The van der Waals surface area contributed by atoms with Crippen LogP contribution < -0.4 is 5.73 Å². The molecule has 94 valence electrons. The molecule has 0 aliphatic carbocycles. The Morgan fingerprint density at radius 3 is 3.00 bits per heavy atom. The van der Waals surface area contributed by atoms with Gasteiger partial charge in [-0.15, -0.1) is 11.8 Å². The van der Waals surface area contributed by atoms with Crippen LogP contribution in [0, 0.1) is 0 Å². The van der Waals surface area contributed by atoms with Gasteiger partial charge < -0.3 is 10.5 Å². The number of hydrogen-bond acceptors (Lipinski definition) is 5. The standard InChI is InChI=1S/C13H14N2O2S/c1-2-17-13(16)8-18-12-4-3-11(14)10-7-15-6-5-9(10)12/h3-7H,2,8,14H2,1H3. The zero-order valence-electron chi connectivity index (χ0n) is 10.1. The van der Waals surface area contributed by atoms with Crippen molar-refractivity contribution in [2.45, 2.75) is 11.8 Å². The van der Waals surface area contributed by atoms with Crippen molar-refractivity contribution in [3.05, 3.63) is 30.6 Å². The van der Waals surface area contributed by atoms with Crippen molar-refractivity contribution < 1.29 is 9.53 Å². The van der Waals surface area contributed by atoms with E-state index in [0.29, 0.717) is 18.0 Å². The van der Waals surface area contributed by atoms with E-state index in [-0.39, 0.29) is 5.97 Å². The summed E-state index contributed by atoms with van der Waals surface area (Å²) in [5.74, 6) is 0.0939. The summed E-state index contributed by atoms with van der Waals surface area (Å²) in [7, 11) is 0. The fourth-order valence-electron chi connectivity index (χ4n) is 1.65. The number of pyridine rings is 1. The summed E-state index contributed by atoms with van der Waals surface area (Å²) in [6, 6.07) is 5.65. The molecule has 1 heterocycles. The number of nitrogens with two attached hydrogens (primary N) is 1. The van der Waals surface area contributed by atoms with Crippen molar-refractivity contribution in [2.24, 2.45) is 0 Å². The molecule has 2 rings (SSSR count). The maximum absolute atomic E-state index is 11.3. The maximum atomic E-state index is 11.3. The highest BCUT2D eigenvalue weighted by Crippen LogP contribution is 2.30. The molecule has 0 bridgehead atoms. The second kappa shape index (κ2) is 5.73. The third kappa shape index (κ3) is 2.73. The molecule has 0 spiro atoms. The molecule has 2 aromatic rings. The lowest BCUT2D eigenvalue weighted by atomic mass is 10.1. The number of anilines is 1. The molecular formula is C13H14N2O2S. The number of carbonyl (C=O) groups excluding carboxylic acids is 1. The van der Waals surface area contributed by atoms with Crippen molar-refractivity contribution >= 4 is 34.2 Å². The second-order valence-electron chi connectivity index (χ2n) is 3.67. The number of thioether (sulfide) groups is 1. The zero-order chi connectivity index (χ0) is 13.0. The van der Waals surface area contributed by atoms with Gasteiger partial charge in [-0.25, -0.2) is 0 Å². The van der Waals surface area contributed by atoms with E-state index in [1.807, 2.05) is 18.2 Å². The van der Waals surface area contributed by atoms with Gasteiger partial charge in [-0.3, -0.25) is 9.78 Å². The zero-order valence-corrected chi connectivity index (χ0v) is 10.9. The van der Waals surface area contributed by atoms with Gasteiger partial charge in [0, 0.05) is 33.7 Å². The number of benzene rings is 1. The van der Waals surface area contributed by atoms with Crippen molar-refractivity contribution in [3.8, 4) is 0 Å². The molecule has 0 saturated carbocycles. The highest BCUT2D eigenvalue weighted by atomic mass is 32.2. The largest absolute Gasteiger partial charge is 0.465 e. The molecule has 0 aliphatic rings. The maximum Gasteiger partial charge on any atom is 0.316 e. The Morgan fingerprint density at radius 1 is 1.39 bits per heavy atom. The summed E-state index contributed by atoms with van der Waals surface area (Å²) in [6.45, 7) is 2.21. The number of nitrogens with zero attached hydrogens (tertiary/aromatic N) is 1. The van der Waals surface area contributed by atoms with E-state index in [0.717, 1.165) is 15.7 Å². The third-order valence-electron chi connectivity index (χ3n) is 2.46. The van der Waals surface area contributed by atoms with E-state index in [2.05, 4.69) is 4.98 Å². The minimum atomic E-state index is -0.207. The Kier molecular flexibility index (Phi) is 4.04. The molecule has 0 fully saturated rings. The molecule has 0 radical (unpaired) electrons. The molecule has 18 heavy (non-hydrogen) atoms. The smallest absolute Gasteiger partial charge is 0.316 e. The summed E-state index contributed by atoms with van der Waals surface area (Å²) in [5.41, 5.74) is 6.58. The second-order valence-corrected chi connectivity index (χ2v) is 4.69. The van der Waals surface area contributed by atoms with Crippen molar-refractivity contribution in [1.29, 1.82) is 0 Å². The Bertz CT molecular complexity index is 572. The quantitative estimate of drug-likeness (QED) is 0.521. The summed E-state index contributed by atoms with van der Waals surface area (Å²) in [6.07, 6.45) is 3.45. The van der Waals surface area contributed by atoms with Gasteiger partial charge in [-0.05, 0) is 25.1 Å². The Labute approximate surface area is 110 Å². The van der Waals surface area contributed by atoms with Gasteiger partial charge in [0.2, 0.25) is 0 Å². The summed E-state index contributed by atoms with van der Waals surface area (Å²) < 4.78 is 4.90. The molecule has 0 saturated heterocycles. The number of nitrogen functional groups attached to an aromatic ring is 1. The molecule has 0 unspecified atom stereocenters. The molecule has 1 aromatic carbocycles. The molecular weight excluding hydrogens is 248 g/mol. The topological polar surface area (TPSA) is 65.2 Å². The summed E-state index contributed by atoms with van der Waals surface area (Å²) in [4.78, 5) is 16.4. The van der Waals surface area contributed by atoms with E-state index in [1.54, 1.807) is 19.3 Å². The van der Waals surface area contributed by atoms with Gasteiger partial charge in [0.1, 0.15) is 0 Å². The van der Waals surface area contributed by atoms with Crippen LogP contribution >= 0.6 is 11.8 Å². The number of carbonyl (C=O) groups is 1. The summed E-state index contributed by atoms with van der Waals surface area (Å²) in [5, 5.41) is 1.92. The van der Waals surface area contributed by atoms with Crippen LogP contribution in [0.15, 0.2) is 35.5 Å². The van der Waals surface area contributed by atoms with Crippen LogP contribution in [-0.2, 0) is 9.53 Å². The van der Waals surface area contributed by atoms with Gasteiger partial charge in [-0.2, -0.15) is 0 Å². The fraction of sp³-hybridized carbons (Fsp3) is 0.231. The number of aromatic nitrogens is 1. The number of hydrogen-bond donors (Lipinski definition) is 1. The molecule has 0 atom stereocenters. The van der Waals surface area contributed by atoms with Crippen LogP contribution in [0.25, 0.3) is 10.8 Å². The van der Waals surface area contributed by atoms with Crippen molar-refractivity contribution in [3.63, 3.8) is 0 Å². The van der Waals surface area contributed by atoms with E-state index in [4.69, 9.17) is 10.5 Å². The first-order valence-electron chi connectivity index (χ1n) is 5.63. The van der Waals surface area contributed by atoms with Gasteiger partial charge in [0.15, 0.2) is 0 Å². The first kappa shape index (κ1) is 12.7. The minimum Gasteiger partial charge on any atom is -0.465 e. The molecule has 1 aromatic heterocycles. The van der Waals surface area contributed by atoms with Crippen LogP contribution in [0.1, 0.15) is 6.92 Å². The Hall–Kier alpha value is -1.75. The number of rotatable bonds is 4. The fourth-order valence-corrected chi connectivity index (χ4v) is 2.50. The van der Waals surface area contributed by atoms with E-state index >= 15 is 0 Å². The van der Waals surface area contributed by atoms with E-state index in [9.17, 15) is 4.79 Å². The van der Waals surface area contributed by atoms with Crippen molar-refractivity contribution in [1.82, 2.24) is 4.98 Å². The van der Waals surface area contributed by atoms with Crippen LogP contribution in [0.2, 0.25) is 0 Å². The van der Waals surface area contributed by atoms with Crippen LogP contribution in [0.3, 0.4) is 0 Å². The van der Waals surface area contributed by atoms with Crippen LogP contribution in [0.5, 0.6) is 0 Å². The van der Waals surface area contributed by atoms with Crippen LogP contribution in [0.4, 0.5) is 5.69 Å². The number of ether oxygens (including phenoxy) is 1. The molecule has 5 heteroatoms. The number of fused-ring (bicyclic) bond motifs is 1. The average Bonchev–Trinajstić information content (AvgIpc) is 2.39. The molecule has 2 N–H and O–H groups in total. The van der Waals surface area contributed by atoms with Gasteiger partial charge in [0.05, 0.1) is 12.4 Å². The summed E-state index contributed by atoms with van der Waals surface area (Å²) >= 11 is 1.45. The highest BCUT2D eigenvalue weighted by Gasteiger charge is 2.07. The monoisotopic (exact) mass is 262 g/mol. The normalized spacial score (nSPS) is 10.5. The number of esters is 1. The first-order valence-corrected chi connectivity index (χ1v) is 6.61. The van der Waals surface area contributed by atoms with Gasteiger partial charge in [0.25, 0.3) is 0 Å². The van der Waals surface area contributed by atoms with Gasteiger partial charge in [-0.1, -0.05) is 0 Å². The lowest BCUT2D eigenvalue weighted by Gasteiger charge is -2.07. The van der Waals surface area contributed by atoms with Crippen molar-refractivity contribution in [2.75, 3.05) is 18.1 Å². The average molecular weight is 262 g/mol. The highest BCUT2D eigenvalue weighted by molar-refractivity contribution is 8.00. The van der Waals surface area contributed by atoms with E-state index < -0.39 is 0 Å². The Morgan fingerprint density at radius 2 is 2.22 bits per heavy atom. The molecule has 0 amide bonds. The molecule has 4 nitrogen and oxygen atoms in total. The third-order valence-corrected chi connectivity index (χ3v) is 3.51. The minimum absolute atomic E-state index is 0.207. The lowest BCUT2D eigenvalue weighted by Crippen LogP contribution is -2.06. The predicted molar refractivity (Wildman–Crippen MR) is 73.5 cm³/mol. The molecule has 0 aliphatic heterocycles. The lowest BCUT2D eigenvalue weighted by molar-refractivity contribution is -0.139.